The number of ether oxygens (including phenoxy) is 2. The highest BCUT2D eigenvalue weighted by molar-refractivity contribution is 5.79. The normalized spacial score (nSPS) is 15.1. The van der Waals surface area contributed by atoms with Crippen LogP contribution in [-0.4, -0.2) is 47.1 Å². The maximum absolute atomic E-state index is 12.5. The first-order chi connectivity index (χ1) is 11.8. The van der Waals surface area contributed by atoms with E-state index in [1.165, 1.54) is 6.33 Å². The Morgan fingerprint density at radius 1 is 1.25 bits per heavy atom. The summed E-state index contributed by atoms with van der Waals surface area (Å²) in [5.41, 5.74) is 0.921. The Labute approximate surface area is 141 Å². The Balaban J connectivity index is 1.52. The molecule has 24 heavy (non-hydrogen) atoms. The Bertz CT molecular complexity index is 670. The molecule has 6 heteroatoms. The summed E-state index contributed by atoms with van der Waals surface area (Å²) in [6.45, 7) is 1.40. The zero-order chi connectivity index (χ0) is 16.8. The molecule has 1 saturated heterocycles. The van der Waals surface area contributed by atoms with Gasteiger partial charge in [0.05, 0.1) is 13.5 Å². The van der Waals surface area contributed by atoms with Crippen molar-refractivity contribution in [3.63, 3.8) is 0 Å². The van der Waals surface area contributed by atoms with Gasteiger partial charge in [-0.3, -0.25) is 4.79 Å². The molecule has 1 aromatic heterocycles. The number of amides is 1. The highest BCUT2D eigenvalue weighted by Crippen LogP contribution is 2.21. The molecule has 0 bridgehead atoms. The minimum absolute atomic E-state index is 0.0928. The molecule has 1 amide bonds. The maximum Gasteiger partial charge on any atom is 0.227 e. The van der Waals surface area contributed by atoms with Gasteiger partial charge in [-0.1, -0.05) is 18.2 Å². The van der Waals surface area contributed by atoms with Crippen molar-refractivity contribution in [2.24, 2.45) is 0 Å². The van der Waals surface area contributed by atoms with Crippen LogP contribution in [0.2, 0.25) is 0 Å². The Kier molecular flexibility index (Phi) is 5.25. The van der Waals surface area contributed by atoms with Gasteiger partial charge in [0.2, 0.25) is 11.8 Å². The van der Waals surface area contributed by atoms with E-state index in [4.69, 9.17) is 9.47 Å². The monoisotopic (exact) mass is 327 g/mol. The molecule has 0 N–H and O–H groups in total. The topological polar surface area (TPSA) is 64.5 Å². The molecule has 1 aliphatic rings. The number of carbonyl (C=O) groups is 1. The smallest absolute Gasteiger partial charge is 0.227 e. The first-order valence-electron chi connectivity index (χ1n) is 8.08. The summed E-state index contributed by atoms with van der Waals surface area (Å²) in [5, 5.41) is 0. The van der Waals surface area contributed by atoms with Crippen molar-refractivity contribution in [1.82, 2.24) is 14.9 Å². The van der Waals surface area contributed by atoms with Gasteiger partial charge in [-0.2, -0.15) is 0 Å². The molecule has 0 radical (unpaired) electrons. The number of likely N-dealkylation sites (tertiary alicyclic amines) is 1. The largest absolute Gasteiger partial charge is 0.496 e. The van der Waals surface area contributed by atoms with E-state index >= 15 is 0 Å². The summed E-state index contributed by atoms with van der Waals surface area (Å²) in [6, 6.07) is 9.39. The molecule has 0 saturated carbocycles. The third-order valence-corrected chi connectivity index (χ3v) is 4.17. The Hall–Kier alpha value is -2.63. The molecular formula is C18H21N3O3. The fourth-order valence-electron chi connectivity index (χ4n) is 2.87. The van der Waals surface area contributed by atoms with Crippen LogP contribution in [0.4, 0.5) is 0 Å². The molecule has 2 aromatic rings. The van der Waals surface area contributed by atoms with E-state index in [1.54, 1.807) is 19.4 Å². The van der Waals surface area contributed by atoms with E-state index < -0.39 is 0 Å². The van der Waals surface area contributed by atoms with Crippen molar-refractivity contribution in [1.29, 1.82) is 0 Å². The number of para-hydroxylation sites is 1. The number of nitrogens with zero attached hydrogens (tertiary/aromatic N) is 3. The molecule has 3 rings (SSSR count). The molecular weight excluding hydrogens is 306 g/mol. The van der Waals surface area contributed by atoms with Gasteiger partial charge in [-0.05, 0) is 6.07 Å². The molecule has 6 nitrogen and oxygen atoms in total. The fourth-order valence-corrected chi connectivity index (χ4v) is 2.87. The van der Waals surface area contributed by atoms with Gasteiger partial charge in [-0.25, -0.2) is 9.97 Å². The zero-order valence-corrected chi connectivity index (χ0v) is 13.7. The summed E-state index contributed by atoms with van der Waals surface area (Å²) >= 11 is 0. The highest BCUT2D eigenvalue weighted by atomic mass is 16.5. The summed E-state index contributed by atoms with van der Waals surface area (Å²) in [4.78, 5) is 22.4. The quantitative estimate of drug-likeness (QED) is 0.841. The molecule has 1 fully saturated rings. The SMILES string of the molecule is COc1ccccc1CC(=O)N1CCC(Oc2ccncn2)CC1. The molecule has 126 valence electrons. The average Bonchev–Trinajstić information content (AvgIpc) is 2.63. The van der Waals surface area contributed by atoms with Crippen LogP contribution in [0.15, 0.2) is 42.9 Å². The molecule has 2 heterocycles. The number of methoxy groups -OCH3 is 1. The van der Waals surface area contributed by atoms with Crippen LogP contribution in [0.25, 0.3) is 0 Å². The lowest BCUT2D eigenvalue weighted by atomic mass is 10.1. The zero-order valence-electron chi connectivity index (χ0n) is 13.7. The molecule has 0 atom stereocenters. The standard InChI is InChI=1S/C18H21N3O3/c1-23-16-5-3-2-4-14(16)12-18(22)21-10-7-15(8-11-21)24-17-6-9-19-13-20-17/h2-6,9,13,15H,7-8,10-12H2,1H3. The fraction of sp³-hybridized carbons (Fsp3) is 0.389. The number of benzene rings is 1. The van der Waals surface area contributed by atoms with Crippen LogP contribution in [0.5, 0.6) is 11.6 Å². The van der Waals surface area contributed by atoms with Gasteiger partial charge in [0, 0.05) is 43.8 Å². The predicted molar refractivity (Wildman–Crippen MR) is 89.0 cm³/mol. The maximum atomic E-state index is 12.5. The van der Waals surface area contributed by atoms with Gasteiger partial charge in [-0.15, -0.1) is 0 Å². The van der Waals surface area contributed by atoms with Crippen LogP contribution >= 0.6 is 0 Å². The van der Waals surface area contributed by atoms with Crippen LogP contribution in [0, 0.1) is 0 Å². The average molecular weight is 327 g/mol. The summed E-state index contributed by atoms with van der Waals surface area (Å²) in [7, 11) is 1.62. The second-order valence-electron chi connectivity index (χ2n) is 5.73. The lowest BCUT2D eigenvalue weighted by molar-refractivity contribution is -0.132. The van der Waals surface area contributed by atoms with E-state index in [2.05, 4.69) is 9.97 Å². The second kappa shape index (κ2) is 7.77. The Morgan fingerprint density at radius 2 is 2.04 bits per heavy atom. The van der Waals surface area contributed by atoms with E-state index in [-0.39, 0.29) is 12.0 Å². The van der Waals surface area contributed by atoms with Gasteiger partial charge in [0.25, 0.3) is 0 Å². The summed E-state index contributed by atoms with van der Waals surface area (Å²) in [5.74, 6) is 1.47. The van der Waals surface area contributed by atoms with Gasteiger partial charge < -0.3 is 14.4 Å². The minimum Gasteiger partial charge on any atom is -0.496 e. The second-order valence-corrected chi connectivity index (χ2v) is 5.73. The van der Waals surface area contributed by atoms with Crippen LogP contribution in [-0.2, 0) is 11.2 Å². The van der Waals surface area contributed by atoms with E-state index in [9.17, 15) is 4.79 Å². The van der Waals surface area contributed by atoms with E-state index in [0.717, 1.165) is 24.2 Å². The number of rotatable bonds is 5. The number of piperidine rings is 1. The predicted octanol–water partition coefficient (Wildman–Crippen LogP) is 2.10. The molecule has 1 aliphatic heterocycles. The van der Waals surface area contributed by atoms with Crippen molar-refractivity contribution >= 4 is 5.91 Å². The molecule has 0 aliphatic carbocycles. The van der Waals surface area contributed by atoms with Crippen molar-refractivity contribution in [3.05, 3.63) is 48.4 Å². The van der Waals surface area contributed by atoms with Crippen molar-refractivity contribution < 1.29 is 14.3 Å². The number of hydrogen-bond acceptors (Lipinski definition) is 5. The summed E-state index contributed by atoms with van der Waals surface area (Å²) in [6.07, 6.45) is 5.20. The number of aromatic nitrogens is 2. The minimum atomic E-state index is 0.0928. The van der Waals surface area contributed by atoms with Gasteiger partial charge >= 0.3 is 0 Å². The van der Waals surface area contributed by atoms with Crippen LogP contribution < -0.4 is 9.47 Å². The highest BCUT2D eigenvalue weighted by Gasteiger charge is 2.24. The molecule has 1 aromatic carbocycles. The third-order valence-electron chi connectivity index (χ3n) is 4.17. The number of carbonyl (C=O) groups excluding carboxylic acids is 1. The molecule has 0 unspecified atom stereocenters. The van der Waals surface area contributed by atoms with Crippen molar-refractivity contribution in [2.75, 3.05) is 20.2 Å². The number of hydrogen-bond donors (Lipinski definition) is 0. The van der Waals surface area contributed by atoms with Crippen molar-refractivity contribution in [2.45, 2.75) is 25.4 Å². The van der Waals surface area contributed by atoms with E-state index in [1.807, 2.05) is 29.2 Å². The first-order valence-corrected chi connectivity index (χ1v) is 8.08. The van der Waals surface area contributed by atoms with Gasteiger partial charge in [0.15, 0.2) is 0 Å². The van der Waals surface area contributed by atoms with Gasteiger partial charge in [0.1, 0.15) is 18.2 Å². The van der Waals surface area contributed by atoms with Crippen LogP contribution in [0.3, 0.4) is 0 Å². The van der Waals surface area contributed by atoms with Crippen LogP contribution in [0.1, 0.15) is 18.4 Å². The lowest BCUT2D eigenvalue weighted by Gasteiger charge is -2.32. The molecule has 0 spiro atoms. The first kappa shape index (κ1) is 16.2. The van der Waals surface area contributed by atoms with E-state index in [0.29, 0.717) is 25.4 Å². The summed E-state index contributed by atoms with van der Waals surface area (Å²) < 4.78 is 11.1. The Morgan fingerprint density at radius 3 is 2.75 bits per heavy atom. The van der Waals surface area contributed by atoms with Crippen molar-refractivity contribution in [3.8, 4) is 11.6 Å². The lowest BCUT2D eigenvalue weighted by Crippen LogP contribution is -2.42. The third kappa shape index (κ3) is 4.01.